The standard InChI is InChI=1S/C11H13NO2/c13-11(14)10-9(6-7-12-10)8-4-2-1-3-5-8/h1-5,9-10,12H,6-7H2,(H,13,14). The topological polar surface area (TPSA) is 49.3 Å². The van der Waals surface area contributed by atoms with Crippen LogP contribution in [-0.2, 0) is 4.79 Å². The Balaban J connectivity index is 2.22. The quantitative estimate of drug-likeness (QED) is 0.738. The smallest absolute Gasteiger partial charge is 0.321 e. The van der Waals surface area contributed by atoms with Gasteiger partial charge in [0.15, 0.2) is 0 Å². The number of carbonyl (C=O) groups is 1. The van der Waals surface area contributed by atoms with E-state index in [2.05, 4.69) is 5.32 Å². The predicted octanol–water partition coefficient (Wildman–Crippen LogP) is 1.22. The normalized spacial score (nSPS) is 26.3. The minimum Gasteiger partial charge on any atom is -0.480 e. The van der Waals surface area contributed by atoms with Gasteiger partial charge in [0, 0.05) is 5.92 Å². The fraction of sp³-hybridized carbons (Fsp3) is 0.364. The Hall–Kier alpha value is -1.35. The molecule has 1 saturated heterocycles. The predicted molar refractivity (Wildman–Crippen MR) is 53.2 cm³/mol. The van der Waals surface area contributed by atoms with E-state index >= 15 is 0 Å². The van der Waals surface area contributed by atoms with Crippen molar-refractivity contribution in [3.63, 3.8) is 0 Å². The summed E-state index contributed by atoms with van der Waals surface area (Å²) in [6.45, 7) is 0.788. The van der Waals surface area contributed by atoms with Crippen LogP contribution in [0.25, 0.3) is 0 Å². The number of aliphatic carboxylic acids is 1. The van der Waals surface area contributed by atoms with Gasteiger partial charge in [0.2, 0.25) is 0 Å². The lowest BCUT2D eigenvalue weighted by atomic mass is 9.92. The fourth-order valence-electron chi connectivity index (χ4n) is 2.02. The van der Waals surface area contributed by atoms with Crippen LogP contribution in [0, 0.1) is 0 Å². The Morgan fingerprint density at radius 1 is 1.36 bits per heavy atom. The summed E-state index contributed by atoms with van der Waals surface area (Å²) >= 11 is 0. The SMILES string of the molecule is O=C(O)C1NCCC1c1ccccc1. The van der Waals surface area contributed by atoms with E-state index in [0.29, 0.717) is 0 Å². The molecule has 3 nitrogen and oxygen atoms in total. The van der Waals surface area contributed by atoms with Gasteiger partial charge in [-0.15, -0.1) is 0 Å². The van der Waals surface area contributed by atoms with Crippen molar-refractivity contribution in [2.24, 2.45) is 0 Å². The molecule has 2 atom stereocenters. The molecule has 0 aliphatic carbocycles. The monoisotopic (exact) mass is 191 g/mol. The van der Waals surface area contributed by atoms with E-state index in [1.54, 1.807) is 0 Å². The lowest BCUT2D eigenvalue weighted by molar-refractivity contribution is -0.139. The van der Waals surface area contributed by atoms with Gasteiger partial charge in [0.05, 0.1) is 0 Å². The van der Waals surface area contributed by atoms with E-state index < -0.39 is 12.0 Å². The second kappa shape index (κ2) is 3.80. The van der Waals surface area contributed by atoms with Crippen molar-refractivity contribution in [2.45, 2.75) is 18.4 Å². The molecule has 0 spiro atoms. The highest BCUT2D eigenvalue weighted by molar-refractivity contribution is 5.75. The lowest BCUT2D eigenvalue weighted by Crippen LogP contribution is -2.34. The van der Waals surface area contributed by atoms with Gasteiger partial charge in [-0.1, -0.05) is 30.3 Å². The van der Waals surface area contributed by atoms with E-state index in [1.807, 2.05) is 30.3 Å². The summed E-state index contributed by atoms with van der Waals surface area (Å²) in [5.41, 5.74) is 1.12. The average Bonchev–Trinajstić information content (AvgIpc) is 2.67. The molecule has 0 amide bonds. The first-order valence-corrected chi connectivity index (χ1v) is 4.80. The van der Waals surface area contributed by atoms with Crippen LogP contribution in [0.4, 0.5) is 0 Å². The van der Waals surface area contributed by atoms with E-state index in [0.717, 1.165) is 18.5 Å². The molecule has 0 saturated carbocycles. The molecule has 0 bridgehead atoms. The van der Waals surface area contributed by atoms with E-state index in [4.69, 9.17) is 5.11 Å². The number of hydrogen-bond acceptors (Lipinski definition) is 2. The van der Waals surface area contributed by atoms with E-state index in [-0.39, 0.29) is 5.92 Å². The van der Waals surface area contributed by atoms with Crippen LogP contribution < -0.4 is 5.32 Å². The first-order chi connectivity index (χ1) is 6.79. The molecule has 14 heavy (non-hydrogen) atoms. The van der Waals surface area contributed by atoms with Crippen LogP contribution >= 0.6 is 0 Å². The molecule has 2 unspecified atom stereocenters. The first kappa shape index (κ1) is 9.21. The number of carboxylic acid groups (broad SMARTS) is 1. The average molecular weight is 191 g/mol. The molecular formula is C11H13NO2. The maximum Gasteiger partial charge on any atom is 0.321 e. The molecule has 0 aromatic heterocycles. The number of hydrogen-bond donors (Lipinski definition) is 2. The molecule has 0 radical (unpaired) electrons. The zero-order valence-corrected chi connectivity index (χ0v) is 7.81. The Morgan fingerprint density at radius 2 is 2.07 bits per heavy atom. The zero-order valence-electron chi connectivity index (χ0n) is 7.81. The summed E-state index contributed by atoms with van der Waals surface area (Å²) in [7, 11) is 0. The zero-order chi connectivity index (χ0) is 9.97. The van der Waals surface area contributed by atoms with Gasteiger partial charge >= 0.3 is 5.97 Å². The van der Waals surface area contributed by atoms with Crippen LogP contribution in [-0.4, -0.2) is 23.7 Å². The van der Waals surface area contributed by atoms with Crippen molar-refractivity contribution in [3.05, 3.63) is 35.9 Å². The van der Waals surface area contributed by atoms with Gasteiger partial charge in [-0.05, 0) is 18.5 Å². The van der Waals surface area contributed by atoms with E-state index in [9.17, 15) is 4.79 Å². The minimum absolute atomic E-state index is 0.119. The number of rotatable bonds is 2. The van der Waals surface area contributed by atoms with Crippen LogP contribution in [0.15, 0.2) is 30.3 Å². The molecule has 2 rings (SSSR count). The highest BCUT2D eigenvalue weighted by atomic mass is 16.4. The molecule has 1 aliphatic heterocycles. The highest BCUT2D eigenvalue weighted by Gasteiger charge is 2.33. The van der Waals surface area contributed by atoms with Crippen molar-refractivity contribution in [1.29, 1.82) is 0 Å². The van der Waals surface area contributed by atoms with E-state index in [1.165, 1.54) is 0 Å². The second-order valence-corrected chi connectivity index (χ2v) is 3.58. The van der Waals surface area contributed by atoms with Gasteiger partial charge in [0.25, 0.3) is 0 Å². The largest absolute Gasteiger partial charge is 0.480 e. The van der Waals surface area contributed by atoms with Gasteiger partial charge < -0.3 is 10.4 Å². The third kappa shape index (κ3) is 1.63. The third-order valence-corrected chi connectivity index (χ3v) is 2.72. The van der Waals surface area contributed by atoms with Crippen molar-refractivity contribution in [3.8, 4) is 0 Å². The van der Waals surface area contributed by atoms with Crippen LogP contribution in [0.1, 0.15) is 17.9 Å². The number of carboxylic acids is 1. The van der Waals surface area contributed by atoms with Crippen molar-refractivity contribution < 1.29 is 9.90 Å². The highest BCUT2D eigenvalue weighted by Crippen LogP contribution is 2.27. The van der Waals surface area contributed by atoms with Crippen molar-refractivity contribution in [1.82, 2.24) is 5.32 Å². The van der Waals surface area contributed by atoms with Gasteiger partial charge in [0.1, 0.15) is 6.04 Å². The maximum atomic E-state index is 10.9. The molecule has 3 heteroatoms. The summed E-state index contributed by atoms with van der Waals surface area (Å²) in [4.78, 5) is 10.9. The first-order valence-electron chi connectivity index (χ1n) is 4.80. The summed E-state index contributed by atoms with van der Waals surface area (Å²) in [5, 5.41) is 12.0. The number of nitrogens with one attached hydrogen (secondary N) is 1. The molecule has 1 aliphatic rings. The Kier molecular flexibility index (Phi) is 2.50. The molecule has 74 valence electrons. The Labute approximate surface area is 82.8 Å². The molecule has 2 N–H and O–H groups in total. The summed E-state index contributed by atoms with van der Waals surface area (Å²) in [6.07, 6.45) is 0.904. The fourth-order valence-corrected chi connectivity index (χ4v) is 2.02. The summed E-state index contributed by atoms with van der Waals surface area (Å²) in [5.74, 6) is -0.634. The third-order valence-electron chi connectivity index (χ3n) is 2.72. The molecular weight excluding hydrogens is 178 g/mol. The Bertz CT molecular complexity index is 323. The Morgan fingerprint density at radius 3 is 2.71 bits per heavy atom. The molecule has 1 heterocycles. The molecule has 1 aromatic rings. The second-order valence-electron chi connectivity index (χ2n) is 3.58. The van der Waals surface area contributed by atoms with Crippen LogP contribution in [0.5, 0.6) is 0 Å². The number of benzene rings is 1. The molecule has 1 fully saturated rings. The van der Waals surface area contributed by atoms with Gasteiger partial charge in [-0.2, -0.15) is 0 Å². The van der Waals surface area contributed by atoms with Gasteiger partial charge in [-0.3, -0.25) is 4.79 Å². The lowest BCUT2D eigenvalue weighted by Gasteiger charge is -2.15. The van der Waals surface area contributed by atoms with Crippen LogP contribution in [0.2, 0.25) is 0 Å². The van der Waals surface area contributed by atoms with Crippen LogP contribution in [0.3, 0.4) is 0 Å². The minimum atomic E-state index is -0.753. The van der Waals surface area contributed by atoms with Crippen molar-refractivity contribution >= 4 is 5.97 Å². The summed E-state index contributed by atoms with van der Waals surface area (Å²) in [6, 6.07) is 9.42. The molecule has 1 aromatic carbocycles. The summed E-state index contributed by atoms with van der Waals surface area (Å²) < 4.78 is 0. The van der Waals surface area contributed by atoms with Gasteiger partial charge in [-0.25, -0.2) is 0 Å². The maximum absolute atomic E-state index is 10.9. The van der Waals surface area contributed by atoms with Crippen molar-refractivity contribution in [2.75, 3.05) is 6.54 Å².